The van der Waals surface area contributed by atoms with Crippen molar-refractivity contribution in [3.8, 4) is 11.3 Å². The lowest BCUT2D eigenvalue weighted by molar-refractivity contribution is -0.159. The van der Waals surface area contributed by atoms with Crippen LogP contribution in [0.4, 0.5) is 0 Å². The lowest BCUT2D eigenvalue weighted by Gasteiger charge is -2.43. The van der Waals surface area contributed by atoms with E-state index >= 15 is 0 Å². The van der Waals surface area contributed by atoms with Gasteiger partial charge in [-0.3, -0.25) is 9.59 Å². The minimum absolute atomic E-state index is 0.196. The van der Waals surface area contributed by atoms with E-state index in [2.05, 4.69) is 17.4 Å². The molecule has 11 heteroatoms. The lowest BCUT2D eigenvalue weighted by Crippen LogP contribution is -2.70. The fourth-order valence-electron chi connectivity index (χ4n) is 4.18. The zero-order valence-corrected chi connectivity index (χ0v) is 22.3. The number of hydrogen-bond acceptors (Lipinski definition) is 6. The number of amides is 2. The second kappa shape index (κ2) is 11.2. The highest BCUT2D eigenvalue weighted by atomic mass is 35.5. The number of carboxylic acids is 1. The molecule has 2 aliphatic heterocycles. The molecule has 35 heavy (non-hydrogen) atoms. The second-order valence-corrected chi connectivity index (χ2v) is 11.4. The fraction of sp³-hybridized carbons (Fsp3) is 0.500. The van der Waals surface area contributed by atoms with Gasteiger partial charge in [0.2, 0.25) is 5.91 Å². The number of hydrogen-bond donors (Lipinski definition) is 2. The summed E-state index contributed by atoms with van der Waals surface area (Å²) < 4.78 is 4.54. The van der Waals surface area contributed by atoms with E-state index in [9.17, 15) is 19.5 Å². The summed E-state index contributed by atoms with van der Waals surface area (Å²) in [6, 6.07) is 5.18. The maximum absolute atomic E-state index is 13.0. The molecule has 2 amide bonds. The van der Waals surface area contributed by atoms with Crippen LogP contribution in [0.2, 0.25) is 5.02 Å². The summed E-state index contributed by atoms with van der Waals surface area (Å²) in [5, 5.41) is 16.2. The van der Waals surface area contributed by atoms with E-state index < -0.39 is 40.0 Å². The standard InChI is InChI=1S/C19H18ClN3O5S.C5H11Cl/c1-8-11(12(22-28-8)9-6-4-5-7-10(9)20)15(24)21-13-16(25)23-14(18(26)27)19(2,3)29-17(13)23;1-2-3-4-5-6/h4-7,13-14,17H,1-3H3,(H,21,24)(H,26,27);2-5H2,1H3/t13-,14+,17-;/m1./s1. The molecule has 0 radical (unpaired) electrons. The third kappa shape index (κ3) is 5.47. The first-order valence-electron chi connectivity index (χ1n) is 11.4. The van der Waals surface area contributed by atoms with Crippen LogP contribution in [0.5, 0.6) is 0 Å². The quantitative estimate of drug-likeness (QED) is 0.289. The molecule has 8 nitrogen and oxygen atoms in total. The van der Waals surface area contributed by atoms with E-state index in [0.29, 0.717) is 16.3 Å². The van der Waals surface area contributed by atoms with Crippen LogP contribution < -0.4 is 5.32 Å². The smallest absolute Gasteiger partial charge is 0.327 e. The van der Waals surface area contributed by atoms with E-state index in [4.69, 9.17) is 27.7 Å². The number of alkyl halides is 1. The summed E-state index contributed by atoms with van der Waals surface area (Å²) in [6.45, 7) is 7.33. The van der Waals surface area contributed by atoms with Gasteiger partial charge < -0.3 is 19.8 Å². The lowest BCUT2D eigenvalue weighted by atomic mass is 9.95. The van der Waals surface area contributed by atoms with E-state index in [1.165, 1.54) is 35.9 Å². The molecule has 0 bridgehead atoms. The van der Waals surface area contributed by atoms with Crippen LogP contribution in [-0.2, 0) is 9.59 Å². The number of nitrogens with one attached hydrogen (secondary N) is 1. The summed E-state index contributed by atoms with van der Waals surface area (Å²) in [7, 11) is 0. The fourth-order valence-corrected chi connectivity index (χ4v) is 6.22. The highest BCUT2D eigenvalue weighted by Crippen LogP contribution is 2.50. The topological polar surface area (TPSA) is 113 Å². The van der Waals surface area contributed by atoms with Crippen molar-refractivity contribution >= 4 is 52.7 Å². The molecular formula is C24H29Cl2N3O5S. The van der Waals surface area contributed by atoms with Crippen molar-refractivity contribution in [2.45, 2.75) is 69.2 Å². The van der Waals surface area contributed by atoms with Gasteiger partial charge in [0.05, 0.1) is 5.02 Å². The molecule has 1 aromatic carbocycles. The van der Waals surface area contributed by atoms with E-state index in [0.717, 1.165) is 5.88 Å². The number of aromatic nitrogens is 1. The number of rotatable bonds is 7. The van der Waals surface area contributed by atoms with Crippen molar-refractivity contribution < 1.29 is 24.0 Å². The monoisotopic (exact) mass is 541 g/mol. The predicted molar refractivity (Wildman–Crippen MR) is 137 cm³/mol. The van der Waals surface area contributed by atoms with Gasteiger partial charge in [0.1, 0.15) is 34.5 Å². The molecule has 4 rings (SSSR count). The third-order valence-electron chi connectivity index (χ3n) is 5.92. The Morgan fingerprint density at radius 1 is 1.29 bits per heavy atom. The molecule has 3 atom stereocenters. The van der Waals surface area contributed by atoms with Crippen LogP contribution in [-0.4, -0.2) is 61.0 Å². The Labute approximate surface area is 218 Å². The van der Waals surface area contributed by atoms with Gasteiger partial charge in [0, 0.05) is 16.2 Å². The van der Waals surface area contributed by atoms with Crippen LogP contribution in [0, 0.1) is 6.92 Å². The first kappa shape index (κ1) is 27.4. The molecule has 3 heterocycles. The van der Waals surface area contributed by atoms with Gasteiger partial charge in [-0.05, 0) is 33.3 Å². The average Bonchev–Trinajstić information content (AvgIpc) is 3.31. The number of nitrogens with zero attached hydrogens (tertiary/aromatic N) is 2. The number of fused-ring (bicyclic) bond motifs is 1. The molecule has 1 aromatic heterocycles. The summed E-state index contributed by atoms with van der Waals surface area (Å²) in [4.78, 5) is 38.6. The molecule has 0 spiro atoms. The first-order valence-corrected chi connectivity index (χ1v) is 13.1. The molecule has 2 aliphatic rings. The van der Waals surface area contributed by atoms with Crippen molar-refractivity contribution in [3.05, 3.63) is 40.6 Å². The number of carbonyl (C=O) groups is 3. The normalized spacial score (nSPS) is 22.1. The van der Waals surface area contributed by atoms with Gasteiger partial charge in [0.15, 0.2) is 0 Å². The molecule has 0 saturated carbocycles. The Bertz CT molecular complexity index is 1100. The van der Waals surface area contributed by atoms with Gasteiger partial charge in [-0.25, -0.2) is 4.79 Å². The van der Waals surface area contributed by atoms with Crippen molar-refractivity contribution in [1.82, 2.24) is 15.4 Å². The number of carboxylic acid groups (broad SMARTS) is 1. The Kier molecular flexibility index (Phi) is 8.77. The van der Waals surface area contributed by atoms with E-state index in [1.54, 1.807) is 45.0 Å². The maximum atomic E-state index is 13.0. The number of aryl methyl sites for hydroxylation is 1. The van der Waals surface area contributed by atoms with Crippen molar-refractivity contribution in [1.29, 1.82) is 0 Å². The molecule has 2 N–H and O–H groups in total. The van der Waals surface area contributed by atoms with Crippen molar-refractivity contribution in [3.63, 3.8) is 0 Å². The Hall–Kier alpha value is -2.23. The molecule has 2 saturated heterocycles. The summed E-state index contributed by atoms with van der Waals surface area (Å²) in [6.07, 6.45) is 3.73. The number of halogens is 2. The van der Waals surface area contributed by atoms with Gasteiger partial charge in [-0.1, -0.05) is 54.7 Å². The predicted octanol–water partition coefficient (Wildman–Crippen LogP) is 4.96. The molecule has 2 aromatic rings. The van der Waals surface area contributed by atoms with E-state index in [1.807, 2.05) is 0 Å². The van der Waals surface area contributed by atoms with Gasteiger partial charge in [-0.15, -0.1) is 23.4 Å². The molecule has 190 valence electrons. The zero-order chi connectivity index (χ0) is 25.9. The number of benzene rings is 1. The van der Waals surface area contributed by atoms with Crippen LogP contribution >= 0.6 is 35.0 Å². The summed E-state index contributed by atoms with van der Waals surface area (Å²) >= 11 is 13.0. The second-order valence-electron chi connectivity index (χ2n) is 8.89. The Balaban J connectivity index is 0.000000509. The van der Waals surface area contributed by atoms with Gasteiger partial charge >= 0.3 is 5.97 Å². The highest BCUT2D eigenvalue weighted by molar-refractivity contribution is 8.01. The zero-order valence-electron chi connectivity index (χ0n) is 20.0. The van der Waals surface area contributed by atoms with Gasteiger partial charge in [0.25, 0.3) is 5.91 Å². The van der Waals surface area contributed by atoms with Crippen LogP contribution in [0.25, 0.3) is 11.3 Å². The number of thioether (sulfide) groups is 1. The number of aliphatic carboxylic acids is 1. The van der Waals surface area contributed by atoms with Crippen LogP contribution in [0.1, 0.15) is 56.2 Å². The minimum Gasteiger partial charge on any atom is -0.480 e. The minimum atomic E-state index is -1.06. The Morgan fingerprint density at radius 2 is 1.97 bits per heavy atom. The third-order valence-corrected chi connectivity index (χ3v) is 8.09. The van der Waals surface area contributed by atoms with E-state index in [-0.39, 0.29) is 11.3 Å². The number of carbonyl (C=O) groups excluding carboxylic acids is 2. The number of β-lactam (4-membered cyclic amide) rings is 1. The summed E-state index contributed by atoms with van der Waals surface area (Å²) in [5.41, 5.74) is 1.03. The van der Waals surface area contributed by atoms with Crippen molar-refractivity contribution in [2.75, 3.05) is 5.88 Å². The van der Waals surface area contributed by atoms with Crippen LogP contribution in [0.3, 0.4) is 0 Å². The average molecular weight is 542 g/mol. The SMILES string of the molecule is CCCCCCl.Cc1onc(-c2ccccc2Cl)c1C(=O)N[C@@H]1C(=O)N2[C@@H]1SC(C)(C)[C@@H]2C(=O)O. The number of unbranched alkanes of at least 4 members (excludes halogenated alkanes) is 2. The van der Waals surface area contributed by atoms with Crippen molar-refractivity contribution in [2.24, 2.45) is 0 Å². The van der Waals surface area contributed by atoms with Crippen LogP contribution in [0.15, 0.2) is 28.8 Å². The molecular weight excluding hydrogens is 513 g/mol. The van der Waals surface area contributed by atoms with Gasteiger partial charge in [-0.2, -0.15) is 0 Å². The first-order chi connectivity index (χ1) is 16.5. The summed E-state index contributed by atoms with van der Waals surface area (Å²) in [5.74, 6) is -0.868. The maximum Gasteiger partial charge on any atom is 0.327 e. The highest BCUT2D eigenvalue weighted by Gasteiger charge is 2.64. The molecule has 2 fully saturated rings. The Morgan fingerprint density at radius 3 is 2.54 bits per heavy atom. The largest absolute Gasteiger partial charge is 0.480 e. The molecule has 0 unspecified atom stereocenters. The molecule has 0 aliphatic carbocycles.